The van der Waals surface area contributed by atoms with Crippen LogP contribution in [0.3, 0.4) is 0 Å². The summed E-state index contributed by atoms with van der Waals surface area (Å²) in [5.41, 5.74) is 1.13. The first-order valence-electron chi connectivity index (χ1n) is 14.2. The van der Waals surface area contributed by atoms with Crippen LogP contribution in [0.4, 0.5) is 0 Å². The second-order valence-electron chi connectivity index (χ2n) is 10.2. The van der Waals surface area contributed by atoms with E-state index in [1.54, 1.807) is 6.07 Å². The molecule has 218 valence electrons. The van der Waals surface area contributed by atoms with Crippen molar-refractivity contribution in [1.29, 1.82) is 0 Å². The first kappa shape index (κ1) is 32.4. The summed E-state index contributed by atoms with van der Waals surface area (Å²) in [6, 6.07) is 5.79. The summed E-state index contributed by atoms with van der Waals surface area (Å²) in [6.45, 7) is 8.56. The van der Waals surface area contributed by atoms with E-state index in [1.165, 1.54) is 51.4 Å². The molecule has 8 heteroatoms. The molecule has 1 aromatic rings. The van der Waals surface area contributed by atoms with E-state index < -0.39 is 25.2 Å². The summed E-state index contributed by atoms with van der Waals surface area (Å²) < 4.78 is 21.9. The van der Waals surface area contributed by atoms with Gasteiger partial charge in [-0.1, -0.05) is 58.6 Å². The second kappa shape index (κ2) is 18.4. The van der Waals surface area contributed by atoms with Crippen molar-refractivity contribution in [2.75, 3.05) is 39.6 Å². The van der Waals surface area contributed by atoms with Gasteiger partial charge in [0.2, 0.25) is 0 Å². The van der Waals surface area contributed by atoms with Crippen molar-refractivity contribution in [1.82, 2.24) is 0 Å². The quantitative estimate of drug-likeness (QED) is 0.137. The fraction of sp³-hybridized carbons (Fsp3) is 0.613. The molecule has 0 saturated heterocycles. The fourth-order valence-electron chi connectivity index (χ4n) is 4.74. The van der Waals surface area contributed by atoms with Gasteiger partial charge in [-0.3, -0.25) is 0 Å². The third-order valence-corrected chi connectivity index (χ3v) is 7.07. The number of hydrogen-bond acceptors (Lipinski definition) is 8. The number of esters is 2. The molecular weight excluding hydrogens is 500 g/mol. The van der Waals surface area contributed by atoms with Crippen LogP contribution in [0.5, 0.6) is 11.5 Å². The maximum absolute atomic E-state index is 11.7. The van der Waals surface area contributed by atoms with Gasteiger partial charge in [-0.05, 0) is 55.2 Å². The lowest BCUT2D eigenvalue weighted by Crippen LogP contribution is -2.16. The number of aliphatic hydroxyl groups is 2. The zero-order valence-corrected chi connectivity index (χ0v) is 23.5. The van der Waals surface area contributed by atoms with Gasteiger partial charge in [-0.25, -0.2) is 9.59 Å². The summed E-state index contributed by atoms with van der Waals surface area (Å²) >= 11 is 0. The van der Waals surface area contributed by atoms with Gasteiger partial charge in [0.25, 0.3) is 0 Å². The van der Waals surface area contributed by atoms with E-state index in [1.807, 2.05) is 12.1 Å². The molecule has 0 heterocycles. The Labute approximate surface area is 233 Å². The normalized spacial score (nSPS) is 16.8. The zero-order valence-electron chi connectivity index (χ0n) is 23.5. The number of unbranched alkanes of at least 4 members (excludes halogenated alkanes) is 4. The first-order valence-corrected chi connectivity index (χ1v) is 14.2. The number of hydrogen-bond donors (Lipinski definition) is 2. The standard InChI is InChI=1S/C31H46O8/c1-4-5-6-7-8-9-25-10-12-26(13-11-25)27-18-28(36-14-16-38-30(34)23(2)21-32)20-29(19-27)37-15-17-39-31(35)24(3)22-33/h18-20,25-26,32-33H,2-17,21-22H2,1H3. The summed E-state index contributed by atoms with van der Waals surface area (Å²) in [6.07, 6.45) is 12.6. The van der Waals surface area contributed by atoms with E-state index in [4.69, 9.17) is 29.2 Å². The van der Waals surface area contributed by atoms with E-state index in [9.17, 15) is 9.59 Å². The molecule has 39 heavy (non-hydrogen) atoms. The van der Waals surface area contributed by atoms with E-state index in [-0.39, 0.29) is 37.6 Å². The summed E-state index contributed by atoms with van der Waals surface area (Å²) in [7, 11) is 0. The van der Waals surface area contributed by atoms with Crippen molar-refractivity contribution >= 4 is 11.9 Å². The molecule has 1 fully saturated rings. The van der Waals surface area contributed by atoms with Crippen molar-refractivity contribution in [3.05, 3.63) is 48.1 Å². The van der Waals surface area contributed by atoms with Crippen LogP contribution in [0.25, 0.3) is 0 Å². The molecule has 0 spiro atoms. The molecule has 1 aliphatic rings. The minimum absolute atomic E-state index is 0.00694. The molecule has 1 aromatic carbocycles. The maximum Gasteiger partial charge on any atom is 0.335 e. The van der Waals surface area contributed by atoms with Crippen molar-refractivity contribution in [2.45, 2.75) is 77.0 Å². The lowest BCUT2D eigenvalue weighted by Gasteiger charge is -2.29. The molecule has 1 aliphatic carbocycles. The van der Waals surface area contributed by atoms with E-state index in [0.717, 1.165) is 24.3 Å². The van der Waals surface area contributed by atoms with Crippen LogP contribution in [-0.4, -0.2) is 61.8 Å². The highest BCUT2D eigenvalue weighted by Crippen LogP contribution is 2.40. The molecule has 2 N–H and O–H groups in total. The lowest BCUT2D eigenvalue weighted by molar-refractivity contribution is -0.141. The average molecular weight is 547 g/mol. The third kappa shape index (κ3) is 12.3. The largest absolute Gasteiger partial charge is 0.490 e. The van der Waals surface area contributed by atoms with Gasteiger partial charge in [0.05, 0.1) is 24.4 Å². The topological polar surface area (TPSA) is 112 Å². The van der Waals surface area contributed by atoms with Crippen LogP contribution in [0, 0.1) is 5.92 Å². The minimum Gasteiger partial charge on any atom is -0.490 e. The van der Waals surface area contributed by atoms with E-state index >= 15 is 0 Å². The smallest absolute Gasteiger partial charge is 0.335 e. The molecule has 0 radical (unpaired) electrons. The monoisotopic (exact) mass is 546 g/mol. The maximum atomic E-state index is 11.7. The van der Waals surface area contributed by atoms with E-state index in [0.29, 0.717) is 17.4 Å². The molecule has 0 bridgehead atoms. The van der Waals surface area contributed by atoms with Gasteiger partial charge in [0.1, 0.15) is 37.9 Å². The molecule has 1 saturated carbocycles. The van der Waals surface area contributed by atoms with Gasteiger partial charge < -0.3 is 29.2 Å². The van der Waals surface area contributed by atoms with Crippen LogP contribution in [0.1, 0.15) is 82.6 Å². The SMILES string of the molecule is C=C(CO)C(=O)OCCOc1cc(OCCOC(=O)C(=C)CO)cc(C2CCC(CCCCCCC)CC2)c1. The summed E-state index contributed by atoms with van der Waals surface area (Å²) in [5.74, 6) is 1.10. The van der Waals surface area contributed by atoms with Crippen molar-refractivity contribution in [3.8, 4) is 11.5 Å². The van der Waals surface area contributed by atoms with E-state index in [2.05, 4.69) is 20.1 Å². The highest BCUT2D eigenvalue weighted by molar-refractivity contribution is 5.88. The van der Waals surface area contributed by atoms with Crippen LogP contribution in [0.2, 0.25) is 0 Å². The van der Waals surface area contributed by atoms with Crippen molar-refractivity contribution in [3.63, 3.8) is 0 Å². The lowest BCUT2D eigenvalue weighted by atomic mass is 9.77. The average Bonchev–Trinajstić information content (AvgIpc) is 2.96. The molecular formula is C31H46O8. The predicted molar refractivity (Wildman–Crippen MR) is 150 cm³/mol. The molecule has 0 amide bonds. The number of benzene rings is 1. The fourth-order valence-corrected chi connectivity index (χ4v) is 4.74. The molecule has 0 aliphatic heterocycles. The summed E-state index contributed by atoms with van der Waals surface area (Å²) in [5, 5.41) is 18.0. The van der Waals surface area contributed by atoms with Crippen LogP contribution in [-0.2, 0) is 19.1 Å². The first-order chi connectivity index (χ1) is 18.9. The predicted octanol–water partition coefficient (Wildman–Crippen LogP) is 5.26. The zero-order chi connectivity index (χ0) is 28.5. The highest BCUT2D eigenvalue weighted by atomic mass is 16.6. The number of ether oxygens (including phenoxy) is 4. The molecule has 2 rings (SSSR count). The number of rotatable bonds is 19. The van der Waals surface area contributed by atoms with Gasteiger partial charge in [-0.15, -0.1) is 0 Å². The van der Waals surface area contributed by atoms with Gasteiger partial charge in [0, 0.05) is 6.07 Å². The Morgan fingerprint density at radius 1 is 0.769 bits per heavy atom. The summed E-state index contributed by atoms with van der Waals surface area (Å²) in [4.78, 5) is 23.4. The van der Waals surface area contributed by atoms with Crippen molar-refractivity contribution < 1.29 is 38.7 Å². The number of carbonyl (C=O) groups is 2. The Morgan fingerprint density at radius 2 is 1.28 bits per heavy atom. The minimum atomic E-state index is -0.653. The number of aliphatic hydroxyl groups excluding tert-OH is 2. The van der Waals surface area contributed by atoms with Gasteiger partial charge >= 0.3 is 11.9 Å². The highest BCUT2D eigenvalue weighted by Gasteiger charge is 2.23. The van der Waals surface area contributed by atoms with Crippen molar-refractivity contribution in [2.24, 2.45) is 5.92 Å². The molecule has 0 atom stereocenters. The Morgan fingerprint density at radius 3 is 1.77 bits per heavy atom. The van der Waals surface area contributed by atoms with Crippen LogP contribution in [0.15, 0.2) is 42.5 Å². The second-order valence-corrected chi connectivity index (χ2v) is 10.2. The molecule has 0 aromatic heterocycles. The van der Waals surface area contributed by atoms with Crippen LogP contribution >= 0.6 is 0 Å². The Bertz CT molecular complexity index is 863. The Balaban J connectivity index is 1.95. The Hall–Kier alpha value is -2.84. The van der Waals surface area contributed by atoms with Gasteiger partial charge in [0.15, 0.2) is 0 Å². The van der Waals surface area contributed by atoms with Gasteiger partial charge in [-0.2, -0.15) is 0 Å². The third-order valence-electron chi connectivity index (χ3n) is 7.07. The Kier molecular flexibility index (Phi) is 15.3. The molecule has 0 unspecified atom stereocenters. The van der Waals surface area contributed by atoms with Crippen LogP contribution < -0.4 is 9.47 Å². The number of carbonyl (C=O) groups excluding carboxylic acids is 2. The molecule has 8 nitrogen and oxygen atoms in total.